The quantitative estimate of drug-likeness (QED) is 0.722. The maximum atomic E-state index is 12.7. The first-order chi connectivity index (χ1) is 12.1. The minimum absolute atomic E-state index is 0.142. The summed E-state index contributed by atoms with van der Waals surface area (Å²) in [6.07, 6.45) is 6.43. The smallest absolute Gasteiger partial charge is 0.263 e. The Morgan fingerprint density at radius 2 is 2.00 bits per heavy atom. The van der Waals surface area contributed by atoms with Crippen LogP contribution in [0, 0.1) is 13.8 Å². The minimum atomic E-state index is 0.142. The fourth-order valence-corrected chi connectivity index (χ4v) is 4.30. The number of imidazole rings is 1. The molecule has 5 nitrogen and oxygen atoms in total. The highest BCUT2D eigenvalue weighted by Crippen LogP contribution is 2.30. The van der Waals surface area contributed by atoms with Crippen molar-refractivity contribution in [1.82, 2.24) is 19.4 Å². The molecule has 25 heavy (non-hydrogen) atoms. The van der Waals surface area contributed by atoms with E-state index in [9.17, 15) is 4.79 Å². The van der Waals surface area contributed by atoms with Crippen LogP contribution in [0.3, 0.4) is 0 Å². The third-order valence-corrected chi connectivity index (χ3v) is 5.68. The molecule has 1 unspecified atom stereocenters. The van der Waals surface area contributed by atoms with Crippen molar-refractivity contribution < 1.29 is 4.79 Å². The van der Waals surface area contributed by atoms with Crippen LogP contribution in [-0.2, 0) is 0 Å². The third kappa shape index (κ3) is 2.98. The summed E-state index contributed by atoms with van der Waals surface area (Å²) in [5, 5.41) is 0. The first-order valence-electron chi connectivity index (χ1n) is 8.43. The topological polar surface area (TPSA) is 51.0 Å². The lowest BCUT2D eigenvalue weighted by Gasteiger charge is -2.19. The highest BCUT2D eigenvalue weighted by atomic mass is 32.1. The Morgan fingerprint density at radius 3 is 2.72 bits per heavy atom. The van der Waals surface area contributed by atoms with Crippen molar-refractivity contribution in [3.8, 4) is 11.4 Å². The first-order valence-corrected chi connectivity index (χ1v) is 9.25. The lowest BCUT2D eigenvalue weighted by Crippen LogP contribution is -2.28. The molecule has 4 rings (SSSR count). The summed E-state index contributed by atoms with van der Waals surface area (Å²) in [5.74, 6) is 1.09. The number of carbonyl (C=O) groups excluding carboxylic acids is 1. The van der Waals surface area contributed by atoms with Gasteiger partial charge in [-0.15, -0.1) is 11.3 Å². The molecule has 6 heteroatoms. The van der Waals surface area contributed by atoms with Gasteiger partial charge in [-0.1, -0.05) is 0 Å². The Morgan fingerprint density at radius 1 is 1.20 bits per heavy atom. The van der Waals surface area contributed by atoms with Gasteiger partial charge in [-0.25, -0.2) is 4.98 Å². The van der Waals surface area contributed by atoms with E-state index in [1.807, 2.05) is 42.3 Å². The lowest BCUT2D eigenvalue weighted by molar-refractivity contribution is 0.0792. The summed E-state index contributed by atoms with van der Waals surface area (Å²) in [4.78, 5) is 25.4. The van der Waals surface area contributed by atoms with Crippen LogP contribution in [0.4, 0.5) is 0 Å². The molecule has 128 valence electrons. The fourth-order valence-electron chi connectivity index (χ4n) is 3.46. The zero-order valence-corrected chi connectivity index (χ0v) is 15.2. The van der Waals surface area contributed by atoms with Gasteiger partial charge in [0.15, 0.2) is 0 Å². The molecule has 0 spiro atoms. The largest absolute Gasteiger partial charge is 0.336 e. The lowest BCUT2D eigenvalue weighted by atomic mass is 10.2. The predicted molar refractivity (Wildman–Crippen MR) is 98.8 cm³/mol. The van der Waals surface area contributed by atoms with E-state index in [2.05, 4.69) is 21.5 Å². The van der Waals surface area contributed by atoms with Crippen molar-refractivity contribution in [3.05, 3.63) is 58.3 Å². The van der Waals surface area contributed by atoms with Crippen LogP contribution < -0.4 is 0 Å². The Balaban J connectivity index is 1.58. The zero-order valence-electron chi connectivity index (χ0n) is 14.3. The van der Waals surface area contributed by atoms with Crippen molar-refractivity contribution in [2.75, 3.05) is 13.1 Å². The van der Waals surface area contributed by atoms with E-state index in [0.717, 1.165) is 41.5 Å². The summed E-state index contributed by atoms with van der Waals surface area (Å²) in [7, 11) is 0. The molecule has 0 radical (unpaired) electrons. The van der Waals surface area contributed by atoms with Gasteiger partial charge in [0.05, 0.1) is 10.9 Å². The number of thiophene rings is 1. The van der Waals surface area contributed by atoms with Gasteiger partial charge < -0.3 is 9.47 Å². The number of pyridine rings is 1. The zero-order chi connectivity index (χ0) is 17.4. The van der Waals surface area contributed by atoms with Crippen molar-refractivity contribution in [1.29, 1.82) is 0 Å². The molecular formula is C19H20N4OS. The number of amides is 1. The second-order valence-electron chi connectivity index (χ2n) is 6.43. The van der Waals surface area contributed by atoms with Crippen molar-refractivity contribution in [3.63, 3.8) is 0 Å². The molecule has 0 N–H and O–H groups in total. The van der Waals surface area contributed by atoms with Crippen LogP contribution in [0.25, 0.3) is 11.4 Å². The van der Waals surface area contributed by atoms with E-state index >= 15 is 0 Å². The molecule has 4 heterocycles. The number of hydrogen-bond acceptors (Lipinski definition) is 4. The Kier molecular flexibility index (Phi) is 4.13. The molecule has 3 aromatic heterocycles. The maximum absolute atomic E-state index is 12.7. The highest BCUT2D eigenvalue weighted by molar-refractivity contribution is 7.13. The monoisotopic (exact) mass is 352 g/mol. The number of likely N-dealkylation sites (tertiary alicyclic amines) is 1. The molecular weight excluding hydrogens is 332 g/mol. The molecule has 0 saturated carbocycles. The molecule has 1 amide bonds. The van der Waals surface area contributed by atoms with E-state index in [-0.39, 0.29) is 11.9 Å². The van der Waals surface area contributed by atoms with Crippen LogP contribution in [0.5, 0.6) is 0 Å². The Bertz CT molecular complexity index is 899. The number of hydrogen-bond donors (Lipinski definition) is 0. The Hall–Kier alpha value is -2.47. The molecule has 1 aliphatic heterocycles. The summed E-state index contributed by atoms with van der Waals surface area (Å²) in [6.45, 7) is 5.62. The number of aromatic nitrogens is 3. The second kappa shape index (κ2) is 6.44. The highest BCUT2D eigenvalue weighted by Gasteiger charge is 2.30. The molecule has 3 aromatic rings. The summed E-state index contributed by atoms with van der Waals surface area (Å²) in [6, 6.07) is 8.15. The van der Waals surface area contributed by atoms with Crippen LogP contribution in [-0.4, -0.2) is 38.4 Å². The van der Waals surface area contributed by atoms with Gasteiger partial charge in [-0.2, -0.15) is 0 Å². The third-order valence-electron chi connectivity index (χ3n) is 4.69. The van der Waals surface area contributed by atoms with E-state index in [4.69, 9.17) is 0 Å². The van der Waals surface area contributed by atoms with Crippen molar-refractivity contribution >= 4 is 17.2 Å². The van der Waals surface area contributed by atoms with Gasteiger partial charge in [-0.3, -0.25) is 9.78 Å². The standard InChI is InChI=1S/C19H20N4OS/c1-13-11-21-18(15-5-8-20-9-6-15)23(13)16-7-10-22(12-16)19(24)17-4-3-14(2)25-17/h3-6,8-9,11,16H,7,10,12H2,1-2H3. The molecule has 1 atom stereocenters. The number of rotatable bonds is 3. The SMILES string of the molecule is Cc1ccc(C(=O)N2CCC(n3c(C)cnc3-c3ccncc3)C2)s1. The van der Waals surface area contributed by atoms with Gasteiger partial charge in [0, 0.05) is 47.8 Å². The van der Waals surface area contributed by atoms with Crippen LogP contribution in [0.2, 0.25) is 0 Å². The molecule has 1 saturated heterocycles. The number of carbonyl (C=O) groups is 1. The fraction of sp³-hybridized carbons (Fsp3) is 0.316. The molecule has 1 fully saturated rings. The van der Waals surface area contributed by atoms with E-state index in [0.29, 0.717) is 0 Å². The van der Waals surface area contributed by atoms with E-state index in [1.54, 1.807) is 23.7 Å². The first kappa shape index (κ1) is 16.0. The average molecular weight is 352 g/mol. The molecule has 1 aliphatic rings. The molecule has 0 bridgehead atoms. The minimum Gasteiger partial charge on any atom is -0.336 e. The predicted octanol–water partition coefficient (Wildman–Crippen LogP) is 3.71. The van der Waals surface area contributed by atoms with Crippen LogP contribution in [0.15, 0.2) is 42.9 Å². The summed E-state index contributed by atoms with van der Waals surface area (Å²) >= 11 is 1.57. The second-order valence-corrected chi connectivity index (χ2v) is 7.72. The average Bonchev–Trinajstić information content (AvgIpc) is 3.34. The van der Waals surface area contributed by atoms with Gasteiger partial charge in [0.2, 0.25) is 0 Å². The van der Waals surface area contributed by atoms with Crippen LogP contribution in [0.1, 0.15) is 32.7 Å². The maximum Gasteiger partial charge on any atom is 0.263 e. The van der Waals surface area contributed by atoms with Crippen LogP contribution >= 0.6 is 11.3 Å². The van der Waals surface area contributed by atoms with Gasteiger partial charge >= 0.3 is 0 Å². The summed E-state index contributed by atoms with van der Waals surface area (Å²) < 4.78 is 2.27. The van der Waals surface area contributed by atoms with Crippen molar-refractivity contribution in [2.24, 2.45) is 0 Å². The van der Waals surface area contributed by atoms with Gasteiger partial charge in [0.25, 0.3) is 5.91 Å². The van der Waals surface area contributed by atoms with E-state index in [1.165, 1.54) is 4.88 Å². The Labute approximate surface area is 151 Å². The van der Waals surface area contributed by atoms with Gasteiger partial charge in [-0.05, 0) is 44.5 Å². The van der Waals surface area contributed by atoms with Crippen molar-refractivity contribution in [2.45, 2.75) is 26.3 Å². The number of aryl methyl sites for hydroxylation is 2. The van der Waals surface area contributed by atoms with E-state index < -0.39 is 0 Å². The normalized spacial score (nSPS) is 17.2. The summed E-state index contributed by atoms with van der Waals surface area (Å²) in [5.41, 5.74) is 2.18. The number of nitrogens with zero attached hydrogens (tertiary/aromatic N) is 4. The van der Waals surface area contributed by atoms with Gasteiger partial charge in [0.1, 0.15) is 5.82 Å². The molecule has 0 aromatic carbocycles. The molecule has 0 aliphatic carbocycles.